The van der Waals surface area contributed by atoms with Crippen LogP contribution in [0.15, 0.2) is 12.3 Å². The van der Waals surface area contributed by atoms with E-state index < -0.39 is 12.1 Å². The van der Waals surface area contributed by atoms with Gasteiger partial charge in [0.25, 0.3) is 5.91 Å². The predicted molar refractivity (Wildman–Crippen MR) is 98.3 cm³/mol. The van der Waals surface area contributed by atoms with Gasteiger partial charge in [-0.15, -0.1) is 12.4 Å². The first-order chi connectivity index (χ1) is 12.8. The minimum absolute atomic E-state index is 0. The number of halogens is 4. The molecule has 0 saturated carbocycles. The van der Waals surface area contributed by atoms with E-state index in [0.717, 1.165) is 30.8 Å². The lowest BCUT2D eigenvalue weighted by molar-refractivity contribution is -0.186. The van der Waals surface area contributed by atoms with Gasteiger partial charge in [-0.2, -0.15) is 18.3 Å². The fourth-order valence-corrected chi connectivity index (χ4v) is 3.57. The normalized spacial score (nSPS) is 21.1. The number of carbonyl (C=O) groups is 2. The van der Waals surface area contributed by atoms with Crippen molar-refractivity contribution < 1.29 is 22.8 Å². The second-order valence-electron chi connectivity index (χ2n) is 7.12. The molecule has 0 aromatic carbocycles. The Kier molecular flexibility index (Phi) is 7.70. The van der Waals surface area contributed by atoms with E-state index in [1.165, 1.54) is 0 Å². The van der Waals surface area contributed by atoms with Crippen molar-refractivity contribution >= 4 is 24.2 Å². The number of rotatable bonds is 4. The number of nitrogens with one attached hydrogen (secondary N) is 2. The molecule has 1 aromatic heterocycles. The number of hydrogen-bond acceptors (Lipinski definition) is 4. The van der Waals surface area contributed by atoms with Crippen LogP contribution in [-0.4, -0.2) is 65.4 Å². The standard InChI is InChI=1S/C17H24F3N5O2.ClH/c18-17(19,20)16(27)24-7-3-12(4-8-24)10-22-15(26)14-5-9-25(23-14)13-2-1-6-21-11-13;/h5,9,12-13,21H,1-4,6-8,10-11H2,(H,22,26);1H. The zero-order valence-corrected chi connectivity index (χ0v) is 16.2. The summed E-state index contributed by atoms with van der Waals surface area (Å²) in [6.45, 7) is 2.31. The highest BCUT2D eigenvalue weighted by molar-refractivity contribution is 5.92. The Morgan fingerprint density at radius 2 is 1.96 bits per heavy atom. The van der Waals surface area contributed by atoms with Crippen LogP contribution in [0.5, 0.6) is 0 Å². The molecule has 2 fully saturated rings. The fraction of sp³-hybridized carbons (Fsp3) is 0.706. The topological polar surface area (TPSA) is 79.3 Å². The number of alkyl halides is 3. The quantitative estimate of drug-likeness (QED) is 0.773. The minimum atomic E-state index is -4.83. The van der Waals surface area contributed by atoms with Gasteiger partial charge in [-0.3, -0.25) is 14.3 Å². The van der Waals surface area contributed by atoms with Crippen molar-refractivity contribution in [2.45, 2.75) is 37.9 Å². The lowest BCUT2D eigenvalue weighted by Crippen LogP contribution is -2.46. The van der Waals surface area contributed by atoms with Gasteiger partial charge >= 0.3 is 12.1 Å². The highest BCUT2D eigenvalue weighted by atomic mass is 35.5. The molecule has 3 heterocycles. The molecule has 11 heteroatoms. The van der Waals surface area contributed by atoms with Crippen LogP contribution in [-0.2, 0) is 4.79 Å². The van der Waals surface area contributed by atoms with Crippen molar-refractivity contribution in [2.75, 3.05) is 32.7 Å². The molecule has 158 valence electrons. The maximum absolute atomic E-state index is 12.4. The molecule has 3 rings (SSSR count). The van der Waals surface area contributed by atoms with Crippen LogP contribution in [0.2, 0.25) is 0 Å². The molecule has 1 unspecified atom stereocenters. The van der Waals surface area contributed by atoms with E-state index in [0.29, 0.717) is 25.1 Å². The third-order valence-corrected chi connectivity index (χ3v) is 5.18. The van der Waals surface area contributed by atoms with Crippen LogP contribution < -0.4 is 10.6 Å². The van der Waals surface area contributed by atoms with E-state index in [4.69, 9.17) is 0 Å². The molecule has 0 bridgehead atoms. The van der Waals surface area contributed by atoms with Gasteiger partial charge in [-0.25, -0.2) is 0 Å². The molecule has 2 aliphatic heterocycles. The lowest BCUT2D eigenvalue weighted by atomic mass is 9.96. The molecule has 2 saturated heterocycles. The summed E-state index contributed by atoms with van der Waals surface area (Å²) in [5.74, 6) is -2.02. The number of likely N-dealkylation sites (tertiary alicyclic amines) is 1. The molecule has 1 atom stereocenters. The second kappa shape index (κ2) is 9.60. The molecule has 2 amide bonds. The van der Waals surface area contributed by atoms with E-state index in [1.807, 2.05) is 4.68 Å². The molecule has 1 aromatic rings. The summed E-state index contributed by atoms with van der Waals surface area (Å²) in [6, 6.07) is 1.92. The van der Waals surface area contributed by atoms with Gasteiger partial charge in [0.1, 0.15) is 5.69 Å². The van der Waals surface area contributed by atoms with Crippen LogP contribution in [0.25, 0.3) is 0 Å². The monoisotopic (exact) mass is 423 g/mol. The molecule has 0 aliphatic carbocycles. The minimum Gasteiger partial charge on any atom is -0.350 e. The molecule has 0 radical (unpaired) electrons. The van der Waals surface area contributed by atoms with Crippen molar-refractivity contribution in [3.05, 3.63) is 18.0 Å². The first-order valence-corrected chi connectivity index (χ1v) is 9.25. The predicted octanol–water partition coefficient (Wildman–Crippen LogP) is 1.76. The van der Waals surface area contributed by atoms with Gasteiger partial charge in [0.05, 0.1) is 6.04 Å². The number of amides is 2. The van der Waals surface area contributed by atoms with Crippen molar-refractivity contribution in [1.29, 1.82) is 0 Å². The number of carbonyl (C=O) groups excluding carboxylic acids is 2. The fourth-order valence-electron chi connectivity index (χ4n) is 3.57. The van der Waals surface area contributed by atoms with E-state index in [-0.39, 0.29) is 43.4 Å². The highest BCUT2D eigenvalue weighted by Gasteiger charge is 2.43. The summed E-state index contributed by atoms with van der Waals surface area (Å²) < 4.78 is 39.2. The van der Waals surface area contributed by atoms with Gasteiger partial charge in [0.2, 0.25) is 0 Å². The van der Waals surface area contributed by atoms with Crippen LogP contribution in [0.1, 0.15) is 42.2 Å². The lowest BCUT2D eigenvalue weighted by Gasteiger charge is -2.32. The van der Waals surface area contributed by atoms with E-state index in [1.54, 1.807) is 12.3 Å². The van der Waals surface area contributed by atoms with Crippen molar-refractivity contribution in [2.24, 2.45) is 5.92 Å². The molecular weight excluding hydrogens is 399 g/mol. The van der Waals surface area contributed by atoms with Crippen LogP contribution in [0.4, 0.5) is 13.2 Å². The number of nitrogens with zero attached hydrogens (tertiary/aromatic N) is 3. The number of hydrogen-bond donors (Lipinski definition) is 2. The number of aromatic nitrogens is 2. The summed E-state index contributed by atoms with van der Waals surface area (Å²) in [6.07, 6.45) is -0.0668. The van der Waals surface area contributed by atoms with Crippen molar-refractivity contribution in [1.82, 2.24) is 25.3 Å². The Labute approximate surface area is 167 Å². The molecule has 7 nitrogen and oxygen atoms in total. The Morgan fingerprint density at radius 3 is 2.57 bits per heavy atom. The van der Waals surface area contributed by atoms with E-state index >= 15 is 0 Å². The van der Waals surface area contributed by atoms with Gasteiger partial charge in [0, 0.05) is 32.4 Å². The number of piperidine rings is 2. The summed E-state index contributed by atoms with van der Waals surface area (Å²) in [4.78, 5) is 24.3. The molecule has 0 spiro atoms. The maximum atomic E-state index is 12.4. The summed E-state index contributed by atoms with van der Waals surface area (Å²) in [7, 11) is 0. The first-order valence-electron chi connectivity index (χ1n) is 9.25. The SMILES string of the molecule is Cl.O=C(NCC1CCN(C(=O)C(F)(F)F)CC1)c1ccn(C2CCCNC2)n1. The smallest absolute Gasteiger partial charge is 0.350 e. The summed E-state index contributed by atoms with van der Waals surface area (Å²) in [5, 5.41) is 10.5. The molecule has 2 aliphatic rings. The van der Waals surface area contributed by atoms with Crippen LogP contribution in [0, 0.1) is 5.92 Å². The van der Waals surface area contributed by atoms with Crippen LogP contribution in [0.3, 0.4) is 0 Å². The first kappa shape index (κ1) is 22.5. The van der Waals surface area contributed by atoms with Gasteiger partial charge in [-0.05, 0) is 44.2 Å². The zero-order valence-electron chi connectivity index (χ0n) is 15.4. The Morgan fingerprint density at radius 1 is 1.25 bits per heavy atom. The highest BCUT2D eigenvalue weighted by Crippen LogP contribution is 2.23. The maximum Gasteiger partial charge on any atom is 0.471 e. The van der Waals surface area contributed by atoms with Crippen LogP contribution >= 0.6 is 12.4 Å². The zero-order chi connectivity index (χ0) is 19.4. The molecular formula is C17H25ClF3N5O2. The Bertz CT molecular complexity index is 668. The summed E-state index contributed by atoms with van der Waals surface area (Å²) in [5.41, 5.74) is 0.338. The van der Waals surface area contributed by atoms with E-state index in [2.05, 4.69) is 15.7 Å². The van der Waals surface area contributed by atoms with Crippen molar-refractivity contribution in [3.8, 4) is 0 Å². The third-order valence-electron chi connectivity index (χ3n) is 5.18. The van der Waals surface area contributed by atoms with Gasteiger partial charge in [-0.1, -0.05) is 0 Å². The second-order valence-corrected chi connectivity index (χ2v) is 7.12. The largest absolute Gasteiger partial charge is 0.471 e. The van der Waals surface area contributed by atoms with E-state index in [9.17, 15) is 22.8 Å². The third kappa shape index (κ3) is 5.60. The Hall–Kier alpha value is -1.81. The average Bonchev–Trinajstić information content (AvgIpc) is 3.16. The summed E-state index contributed by atoms with van der Waals surface area (Å²) >= 11 is 0. The molecule has 2 N–H and O–H groups in total. The Balaban J connectivity index is 0.00000280. The van der Waals surface area contributed by atoms with Gasteiger partial charge < -0.3 is 15.5 Å². The van der Waals surface area contributed by atoms with Gasteiger partial charge in [0.15, 0.2) is 0 Å². The van der Waals surface area contributed by atoms with Crippen molar-refractivity contribution in [3.63, 3.8) is 0 Å². The average molecular weight is 424 g/mol. The molecule has 28 heavy (non-hydrogen) atoms.